The summed E-state index contributed by atoms with van der Waals surface area (Å²) in [5.41, 5.74) is -2.63. The molecular weight excluding hydrogens is 312 g/mol. The van der Waals surface area contributed by atoms with Gasteiger partial charge in [0, 0.05) is 5.33 Å². The lowest BCUT2D eigenvalue weighted by molar-refractivity contribution is -0.172. The maximum absolute atomic E-state index is 11.3. The first-order chi connectivity index (χ1) is 8.31. The van der Waals surface area contributed by atoms with Gasteiger partial charge < -0.3 is 20.1 Å². The van der Waals surface area contributed by atoms with Crippen molar-refractivity contribution in [1.82, 2.24) is 0 Å². The van der Waals surface area contributed by atoms with Gasteiger partial charge in [0.05, 0.1) is 19.4 Å². The van der Waals surface area contributed by atoms with Crippen molar-refractivity contribution in [1.29, 1.82) is 0 Å². The fraction of sp³-hybridized carbons (Fsp3) is 0.700. The van der Waals surface area contributed by atoms with Crippen LogP contribution < -0.4 is 0 Å². The van der Waals surface area contributed by atoms with Gasteiger partial charge in [-0.1, -0.05) is 15.9 Å². The third-order valence-electron chi connectivity index (χ3n) is 2.07. The molecule has 0 spiro atoms. The number of esters is 1. The molecule has 0 aromatic rings. The van der Waals surface area contributed by atoms with Crippen molar-refractivity contribution in [3.8, 4) is 0 Å². The maximum atomic E-state index is 11.3. The molecule has 3 N–H and O–H groups in total. The first kappa shape index (κ1) is 16.9. The largest absolute Gasteiger partial charge is 0.481 e. The van der Waals surface area contributed by atoms with Crippen molar-refractivity contribution in [2.24, 2.45) is 0 Å². The summed E-state index contributed by atoms with van der Waals surface area (Å²) in [4.78, 5) is 32.4. The Morgan fingerprint density at radius 1 is 1.11 bits per heavy atom. The Balaban J connectivity index is 4.28. The average Bonchev–Trinajstić information content (AvgIpc) is 2.23. The maximum Gasteiger partial charge on any atom is 0.336 e. The van der Waals surface area contributed by atoms with Crippen LogP contribution in [0.15, 0.2) is 0 Å². The highest BCUT2D eigenvalue weighted by Crippen LogP contribution is 2.17. The molecule has 0 rings (SSSR count). The van der Waals surface area contributed by atoms with Gasteiger partial charge in [0.25, 0.3) is 0 Å². The third kappa shape index (κ3) is 6.55. The molecule has 0 fully saturated rings. The molecule has 0 aromatic carbocycles. The first-order valence-electron chi connectivity index (χ1n) is 5.21. The van der Waals surface area contributed by atoms with Gasteiger partial charge in [0.2, 0.25) is 0 Å². The van der Waals surface area contributed by atoms with Crippen molar-refractivity contribution < 1.29 is 34.4 Å². The van der Waals surface area contributed by atoms with Crippen molar-refractivity contribution in [2.75, 3.05) is 11.9 Å². The highest BCUT2D eigenvalue weighted by atomic mass is 79.9. The normalized spacial score (nSPS) is 13.7. The van der Waals surface area contributed by atoms with Gasteiger partial charge >= 0.3 is 17.9 Å². The molecule has 0 bridgehead atoms. The standard InChI is InChI=1S/C10H15BrO7/c11-3-1-2-4-18-8(14)6-10(17,9(15)16)5-7(12)13/h17H,1-6H2,(H,12,13)(H,15,16). The zero-order chi connectivity index (χ0) is 14.2. The molecule has 0 aliphatic rings. The zero-order valence-electron chi connectivity index (χ0n) is 9.60. The Morgan fingerprint density at radius 3 is 2.17 bits per heavy atom. The van der Waals surface area contributed by atoms with Crippen LogP contribution in [0.25, 0.3) is 0 Å². The second kappa shape index (κ2) is 8.04. The molecule has 0 amide bonds. The lowest BCUT2D eigenvalue weighted by Gasteiger charge is -2.20. The smallest absolute Gasteiger partial charge is 0.336 e. The lowest BCUT2D eigenvalue weighted by Crippen LogP contribution is -2.43. The molecule has 7 nitrogen and oxygen atoms in total. The monoisotopic (exact) mass is 326 g/mol. The van der Waals surface area contributed by atoms with Crippen molar-refractivity contribution in [3.05, 3.63) is 0 Å². The second-order valence-electron chi connectivity index (χ2n) is 3.70. The molecule has 0 radical (unpaired) electrons. The molecular formula is C10H15BrO7. The van der Waals surface area contributed by atoms with Gasteiger partial charge in [-0.15, -0.1) is 0 Å². The van der Waals surface area contributed by atoms with E-state index in [0.29, 0.717) is 6.42 Å². The van der Waals surface area contributed by atoms with E-state index in [1.54, 1.807) is 0 Å². The minimum atomic E-state index is -2.63. The van der Waals surface area contributed by atoms with E-state index in [1.807, 2.05) is 0 Å². The van der Waals surface area contributed by atoms with Gasteiger partial charge in [0.15, 0.2) is 5.60 Å². The number of carbonyl (C=O) groups excluding carboxylic acids is 1. The summed E-state index contributed by atoms with van der Waals surface area (Å²) < 4.78 is 4.70. The Kier molecular flexibility index (Phi) is 7.53. The predicted octanol–water partition coefficient (Wildman–Crippen LogP) is 0.385. The molecule has 0 aliphatic carbocycles. The summed E-state index contributed by atoms with van der Waals surface area (Å²) in [6.07, 6.45) is -0.561. The van der Waals surface area contributed by atoms with Gasteiger partial charge in [-0.3, -0.25) is 9.59 Å². The number of carboxylic acid groups (broad SMARTS) is 2. The summed E-state index contributed by atoms with van der Waals surface area (Å²) in [6.45, 7) is 0.104. The second-order valence-corrected chi connectivity index (χ2v) is 4.49. The van der Waals surface area contributed by atoms with Crippen LogP contribution in [0, 0.1) is 0 Å². The SMILES string of the molecule is O=C(O)CC(O)(CC(=O)OCCCCBr)C(=O)O. The van der Waals surface area contributed by atoms with Crippen LogP contribution in [0.1, 0.15) is 25.7 Å². The summed E-state index contributed by atoms with van der Waals surface area (Å²) >= 11 is 3.19. The fourth-order valence-electron chi connectivity index (χ4n) is 1.14. The minimum Gasteiger partial charge on any atom is -0.481 e. The molecule has 0 aliphatic heterocycles. The van der Waals surface area contributed by atoms with E-state index in [-0.39, 0.29) is 6.61 Å². The number of aliphatic hydroxyl groups is 1. The van der Waals surface area contributed by atoms with E-state index in [9.17, 15) is 19.5 Å². The Bertz CT molecular complexity index is 317. The number of hydrogen-bond donors (Lipinski definition) is 3. The van der Waals surface area contributed by atoms with Gasteiger partial charge in [-0.2, -0.15) is 0 Å². The van der Waals surface area contributed by atoms with Crippen LogP contribution in [-0.4, -0.2) is 50.8 Å². The van der Waals surface area contributed by atoms with Gasteiger partial charge in [0.1, 0.15) is 0 Å². The molecule has 8 heteroatoms. The van der Waals surface area contributed by atoms with Gasteiger partial charge in [-0.25, -0.2) is 4.79 Å². The molecule has 0 saturated carbocycles. The number of ether oxygens (including phenoxy) is 1. The van der Waals surface area contributed by atoms with Gasteiger partial charge in [-0.05, 0) is 12.8 Å². The number of aliphatic carboxylic acids is 2. The lowest BCUT2D eigenvalue weighted by atomic mass is 9.96. The van der Waals surface area contributed by atoms with Crippen LogP contribution in [0.4, 0.5) is 0 Å². The van der Waals surface area contributed by atoms with Crippen LogP contribution in [0.3, 0.4) is 0 Å². The number of hydrogen-bond acceptors (Lipinski definition) is 5. The summed E-state index contributed by atoms with van der Waals surface area (Å²) in [5.74, 6) is -4.20. The highest BCUT2D eigenvalue weighted by molar-refractivity contribution is 9.09. The minimum absolute atomic E-state index is 0.104. The quantitative estimate of drug-likeness (QED) is 0.318. The Labute approximate surface area is 112 Å². The molecule has 18 heavy (non-hydrogen) atoms. The van der Waals surface area contributed by atoms with Crippen molar-refractivity contribution in [2.45, 2.75) is 31.3 Å². The number of carbonyl (C=O) groups is 3. The van der Waals surface area contributed by atoms with Crippen LogP contribution >= 0.6 is 15.9 Å². The molecule has 1 atom stereocenters. The number of unbranched alkanes of at least 4 members (excludes halogenated alkanes) is 1. The Morgan fingerprint density at radius 2 is 1.72 bits per heavy atom. The van der Waals surface area contributed by atoms with E-state index in [1.165, 1.54) is 0 Å². The molecule has 1 unspecified atom stereocenters. The number of halogens is 1. The molecule has 104 valence electrons. The zero-order valence-corrected chi connectivity index (χ0v) is 11.2. The molecule has 0 aromatic heterocycles. The predicted molar refractivity (Wildman–Crippen MR) is 63.4 cm³/mol. The van der Waals surface area contributed by atoms with Crippen LogP contribution in [-0.2, 0) is 19.1 Å². The summed E-state index contributed by atoms with van der Waals surface area (Å²) in [5, 5.41) is 27.5. The fourth-order valence-corrected chi connectivity index (χ4v) is 1.53. The topological polar surface area (TPSA) is 121 Å². The third-order valence-corrected chi connectivity index (χ3v) is 2.63. The Hall–Kier alpha value is -1.15. The molecule has 0 heterocycles. The van der Waals surface area contributed by atoms with E-state index < -0.39 is 36.4 Å². The number of alkyl halides is 1. The van der Waals surface area contributed by atoms with E-state index in [4.69, 9.17) is 14.9 Å². The summed E-state index contributed by atoms with van der Waals surface area (Å²) in [7, 11) is 0. The van der Waals surface area contributed by atoms with E-state index >= 15 is 0 Å². The van der Waals surface area contributed by atoms with E-state index in [2.05, 4.69) is 15.9 Å². The number of carboxylic acids is 2. The average molecular weight is 327 g/mol. The summed E-state index contributed by atoms with van der Waals surface area (Å²) in [6, 6.07) is 0. The highest BCUT2D eigenvalue weighted by Gasteiger charge is 2.41. The van der Waals surface area contributed by atoms with Crippen LogP contribution in [0.2, 0.25) is 0 Å². The van der Waals surface area contributed by atoms with E-state index in [0.717, 1.165) is 11.8 Å². The van der Waals surface area contributed by atoms with Crippen molar-refractivity contribution in [3.63, 3.8) is 0 Å². The van der Waals surface area contributed by atoms with Crippen molar-refractivity contribution >= 4 is 33.8 Å². The number of rotatable bonds is 9. The van der Waals surface area contributed by atoms with Crippen LogP contribution in [0.5, 0.6) is 0 Å². The first-order valence-corrected chi connectivity index (χ1v) is 6.33. The molecule has 0 saturated heterocycles.